The lowest BCUT2D eigenvalue weighted by Crippen LogP contribution is -2.11. The monoisotopic (exact) mass is 435 g/mol. The van der Waals surface area contributed by atoms with Crippen molar-refractivity contribution in [2.75, 3.05) is 10.6 Å². The minimum atomic E-state index is -0.191. The summed E-state index contributed by atoms with van der Waals surface area (Å²) in [6.07, 6.45) is 1.65. The minimum Gasteiger partial charge on any atom is -0.355 e. The fourth-order valence-corrected chi connectivity index (χ4v) is 3.82. The van der Waals surface area contributed by atoms with Gasteiger partial charge in [-0.1, -0.05) is 24.3 Å². The van der Waals surface area contributed by atoms with Crippen LogP contribution in [0.15, 0.2) is 89.9 Å². The zero-order chi connectivity index (χ0) is 22.8. The molecule has 1 amide bonds. The van der Waals surface area contributed by atoms with Crippen molar-refractivity contribution in [2.24, 2.45) is 5.73 Å². The van der Waals surface area contributed by atoms with Crippen molar-refractivity contribution in [1.82, 2.24) is 9.97 Å². The van der Waals surface area contributed by atoms with Crippen LogP contribution < -0.4 is 21.9 Å². The van der Waals surface area contributed by atoms with E-state index in [9.17, 15) is 9.59 Å². The summed E-state index contributed by atoms with van der Waals surface area (Å²) in [4.78, 5) is 32.1. The number of aromatic amines is 1. The van der Waals surface area contributed by atoms with Gasteiger partial charge in [0.15, 0.2) is 0 Å². The summed E-state index contributed by atoms with van der Waals surface area (Å²) >= 11 is 0. The maximum atomic E-state index is 12.5. The summed E-state index contributed by atoms with van der Waals surface area (Å²) in [5.74, 6) is -0.164. The van der Waals surface area contributed by atoms with Gasteiger partial charge >= 0.3 is 0 Å². The van der Waals surface area contributed by atoms with Crippen molar-refractivity contribution in [1.29, 1.82) is 0 Å². The number of carbonyl (C=O) groups is 1. The standard InChI is InChI=1S/C26H21N5O2/c27-15-16-6-11-20-21(14-16)23-22(12-13-28-24(23)31-26(20)33)29-18-7-9-19(10-8-18)30-25(32)17-4-2-1-3-5-17/h1-14H,15,27H2,(H,30,32)(H2,28,29,31,33). The first-order chi connectivity index (χ1) is 16.1. The number of amides is 1. The zero-order valence-electron chi connectivity index (χ0n) is 17.6. The number of nitrogens with one attached hydrogen (secondary N) is 3. The smallest absolute Gasteiger partial charge is 0.257 e. The van der Waals surface area contributed by atoms with Crippen LogP contribution in [-0.2, 0) is 6.54 Å². The van der Waals surface area contributed by atoms with Crippen LogP contribution in [0, 0.1) is 0 Å². The number of rotatable bonds is 5. The molecule has 0 aliphatic carbocycles. The Balaban J connectivity index is 1.47. The lowest BCUT2D eigenvalue weighted by Gasteiger charge is -2.13. The van der Waals surface area contributed by atoms with E-state index in [1.54, 1.807) is 24.4 Å². The van der Waals surface area contributed by atoms with E-state index >= 15 is 0 Å². The summed E-state index contributed by atoms with van der Waals surface area (Å²) < 4.78 is 0. The molecule has 0 saturated heterocycles. The highest BCUT2D eigenvalue weighted by Crippen LogP contribution is 2.30. The van der Waals surface area contributed by atoms with E-state index in [2.05, 4.69) is 20.6 Å². The van der Waals surface area contributed by atoms with E-state index in [4.69, 9.17) is 5.73 Å². The first-order valence-electron chi connectivity index (χ1n) is 10.5. The maximum absolute atomic E-state index is 12.5. The van der Waals surface area contributed by atoms with Crippen molar-refractivity contribution < 1.29 is 4.79 Å². The Morgan fingerprint density at radius 2 is 1.67 bits per heavy atom. The van der Waals surface area contributed by atoms with Gasteiger partial charge in [-0.3, -0.25) is 9.59 Å². The number of fused-ring (bicyclic) bond motifs is 3. The number of benzene rings is 3. The molecule has 5 N–H and O–H groups in total. The molecule has 33 heavy (non-hydrogen) atoms. The second kappa shape index (κ2) is 8.57. The number of carbonyl (C=O) groups excluding carboxylic acids is 1. The Kier molecular flexibility index (Phi) is 5.30. The molecule has 0 radical (unpaired) electrons. The molecule has 0 unspecified atom stereocenters. The van der Waals surface area contributed by atoms with Gasteiger partial charge < -0.3 is 21.4 Å². The molecule has 5 aromatic rings. The molecule has 2 aromatic heterocycles. The van der Waals surface area contributed by atoms with Gasteiger partial charge in [0.1, 0.15) is 5.65 Å². The molecule has 0 saturated carbocycles. The van der Waals surface area contributed by atoms with Gasteiger partial charge in [0, 0.05) is 45.8 Å². The molecule has 2 heterocycles. The number of aromatic nitrogens is 2. The van der Waals surface area contributed by atoms with Crippen LogP contribution in [0.4, 0.5) is 17.1 Å². The van der Waals surface area contributed by atoms with Gasteiger partial charge in [-0.15, -0.1) is 0 Å². The Morgan fingerprint density at radius 3 is 2.42 bits per heavy atom. The number of pyridine rings is 2. The highest BCUT2D eigenvalue weighted by molar-refractivity contribution is 6.11. The fraction of sp³-hybridized carbons (Fsp3) is 0.0385. The average molecular weight is 435 g/mol. The van der Waals surface area contributed by atoms with E-state index in [1.165, 1.54) is 0 Å². The lowest BCUT2D eigenvalue weighted by molar-refractivity contribution is 0.102. The molecule has 5 rings (SSSR count). The second-order valence-electron chi connectivity index (χ2n) is 7.64. The summed E-state index contributed by atoms with van der Waals surface area (Å²) in [5, 5.41) is 8.47. The van der Waals surface area contributed by atoms with E-state index in [1.807, 2.05) is 60.7 Å². The van der Waals surface area contributed by atoms with E-state index in [0.29, 0.717) is 28.8 Å². The predicted molar refractivity (Wildman–Crippen MR) is 132 cm³/mol. The van der Waals surface area contributed by atoms with Gasteiger partial charge in [0.2, 0.25) is 0 Å². The minimum absolute atomic E-state index is 0.164. The Hall–Kier alpha value is -4.49. The Morgan fingerprint density at radius 1 is 0.909 bits per heavy atom. The van der Waals surface area contributed by atoms with Crippen LogP contribution in [0.3, 0.4) is 0 Å². The third-order valence-electron chi connectivity index (χ3n) is 5.47. The van der Waals surface area contributed by atoms with Crippen LogP contribution in [0.2, 0.25) is 0 Å². The zero-order valence-corrected chi connectivity index (χ0v) is 17.6. The highest BCUT2D eigenvalue weighted by Gasteiger charge is 2.12. The largest absolute Gasteiger partial charge is 0.355 e. The third-order valence-corrected chi connectivity index (χ3v) is 5.47. The summed E-state index contributed by atoms with van der Waals surface area (Å²) in [5.41, 5.74) is 9.98. The molecule has 0 fully saturated rings. The normalized spacial score (nSPS) is 10.9. The molecule has 0 atom stereocenters. The second-order valence-corrected chi connectivity index (χ2v) is 7.64. The van der Waals surface area contributed by atoms with Gasteiger partial charge in [0.25, 0.3) is 11.5 Å². The van der Waals surface area contributed by atoms with E-state index in [0.717, 1.165) is 27.7 Å². The molecule has 7 nitrogen and oxygen atoms in total. The molecule has 7 heteroatoms. The SMILES string of the molecule is NCc1ccc2c(=O)[nH]c3nccc(Nc4ccc(NC(=O)c5ccccc5)cc4)c3c2c1. The molecular formula is C26H21N5O2. The summed E-state index contributed by atoms with van der Waals surface area (Å²) in [6, 6.07) is 23.9. The highest BCUT2D eigenvalue weighted by atomic mass is 16.1. The van der Waals surface area contributed by atoms with Crippen molar-refractivity contribution in [3.63, 3.8) is 0 Å². The van der Waals surface area contributed by atoms with Crippen LogP contribution >= 0.6 is 0 Å². The van der Waals surface area contributed by atoms with Crippen molar-refractivity contribution >= 4 is 44.8 Å². The number of nitrogens with two attached hydrogens (primary N) is 1. The number of nitrogens with zero attached hydrogens (tertiary/aromatic N) is 1. The van der Waals surface area contributed by atoms with Crippen molar-refractivity contribution in [3.8, 4) is 0 Å². The lowest BCUT2D eigenvalue weighted by atomic mass is 10.0. The number of H-pyrrole nitrogens is 1. The van der Waals surface area contributed by atoms with Crippen LogP contribution in [0.1, 0.15) is 15.9 Å². The summed E-state index contributed by atoms with van der Waals surface area (Å²) in [7, 11) is 0. The van der Waals surface area contributed by atoms with E-state index < -0.39 is 0 Å². The first-order valence-corrected chi connectivity index (χ1v) is 10.5. The third kappa shape index (κ3) is 4.05. The Labute approximate surface area is 189 Å². The van der Waals surface area contributed by atoms with E-state index in [-0.39, 0.29) is 11.5 Å². The van der Waals surface area contributed by atoms with Crippen molar-refractivity contribution in [2.45, 2.75) is 6.54 Å². The molecule has 0 bridgehead atoms. The quantitative estimate of drug-likeness (QED) is 0.303. The van der Waals surface area contributed by atoms with Gasteiger partial charge in [0.05, 0.1) is 5.69 Å². The molecule has 3 aromatic carbocycles. The number of anilines is 3. The molecule has 0 aliphatic heterocycles. The number of hydrogen-bond acceptors (Lipinski definition) is 5. The first kappa shape index (κ1) is 20.4. The van der Waals surface area contributed by atoms with Gasteiger partial charge in [-0.2, -0.15) is 0 Å². The molecule has 0 aliphatic rings. The van der Waals surface area contributed by atoms with Crippen LogP contribution in [0.5, 0.6) is 0 Å². The van der Waals surface area contributed by atoms with Crippen molar-refractivity contribution in [3.05, 3.63) is 107 Å². The van der Waals surface area contributed by atoms with Crippen LogP contribution in [0.25, 0.3) is 21.8 Å². The van der Waals surface area contributed by atoms with Crippen LogP contribution in [-0.4, -0.2) is 15.9 Å². The fourth-order valence-electron chi connectivity index (χ4n) is 3.82. The van der Waals surface area contributed by atoms with Gasteiger partial charge in [-0.05, 0) is 60.2 Å². The van der Waals surface area contributed by atoms with Gasteiger partial charge in [-0.25, -0.2) is 4.98 Å². The molecule has 0 spiro atoms. The Bertz CT molecular complexity index is 1530. The summed E-state index contributed by atoms with van der Waals surface area (Å²) in [6.45, 7) is 0.378. The average Bonchev–Trinajstić information content (AvgIpc) is 2.85. The topological polar surface area (TPSA) is 113 Å². The maximum Gasteiger partial charge on any atom is 0.257 e. The number of hydrogen-bond donors (Lipinski definition) is 4. The molecule has 162 valence electrons. The molecular weight excluding hydrogens is 414 g/mol. The predicted octanol–water partition coefficient (Wildman–Crippen LogP) is 4.53.